The molecule has 0 aromatic rings. The fourth-order valence-corrected chi connectivity index (χ4v) is 2.24. The van der Waals surface area contributed by atoms with Crippen molar-refractivity contribution in [2.75, 3.05) is 52.5 Å². The van der Waals surface area contributed by atoms with Crippen molar-refractivity contribution >= 4 is 18.2 Å². The molecule has 0 aromatic carbocycles. The highest BCUT2D eigenvalue weighted by atomic mass is 16.5. The van der Waals surface area contributed by atoms with E-state index < -0.39 is 0 Å². The Morgan fingerprint density at radius 3 is 1.95 bits per heavy atom. The quantitative estimate of drug-likeness (QED) is 0.463. The van der Waals surface area contributed by atoms with Gasteiger partial charge in [0.25, 0.3) is 0 Å². The molecule has 0 unspecified atom stereocenters. The number of ether oxygens (including phenoxy) is 1. The van der Waals surface area contributed by atoms with Crippen molar-refractivity contribution in [2.45, 2.75) is 6.42 Å². The highest BCUT2D eigenvalue weighted by Crippen LogP contribution is 2.05. The van der Waals surface area contributed by atoms with Crippen LogP contribution in [0.1, 0.15) is 6.42 Å². The molecule has 19 heavy (non-hydrogen) atoms. The largest absolute Gasteiger partial charge is 0.378 e. The number of carbonyl (C=O) groups excluding carboxylic acids is 3. The van der Waals surface area contributed by atoms with E-state index >= 15 is 0 Å². The summed E-state index contributed by atoms with van der Waals surface area (Å²) in [5, 5.41) is 0. The van der Waals surface area contributed by atoms with Crippen molar-refractivity contribution in [1.29, 1.82) is 0 Å². The van der Waals surface area contributed by atoms with E-state index in [-0.39, 0.29) is 18.2 Å². The van der Waals surface area contributed by atoms with Gasteiger partial charge in [-0.3, -0.25) is 14.4 Å². The molecule has 0 aliphatic carbocycles. The molecule has 0 spiro atoms. The number of hydrogen-bond acceptors (Lipinski definition) is 4. The Kier molecular flexibility index (Phi) is 4.73. The Hall–Kier alpha value is -1.63. The van der Waals surface area contributed by atoms with Gasteiger partial charge >= 0.3 is 0 Å². The Labute approximate surface area is 112 Å². The third-order valence-electron chi connectivity index (χ3n) is 3.48. The average molecular weight is 269 g/mol. The van der Waals surface area contributed by atoms with Gasteiger partial charge in [0.05, 0.1) is 13.2 Å². The summed E-state index contributed by atoms with van der Waals surface area (Å²) in [6, 6.07) is 0. The number of rotatable bonds is 3. The minimum atomic E-state index is -0.151. The molecule has 0 atom stereocenters. The van der Waals surface area contributed by atoms with Crippen LogP contribution in [0.25, 0.3) is 0 Å². The Morgan fingerprint density at radius 1 is 0.895 bits per heavy atom. The molecule has 0 saturated carbocycles. The first-order valence-corrected chi connectivity index (χ1v) is 6.53. The van der Waals surface area contributed by atoms with Crippen LogP contribution in [0.2, 0.25) is 0 Å². The molecule has 106 valence electrons. The highest BCUT2D eigenvalue weighted by Gasteiger charge is 2.25. The van der Waals surface area contributed by atoms with Gasteiger partial charge in [-0.2, -0.15) is 0 Å². The van der Waals surface area contributed by atoms with E-state index in [1.54, 1.807) is 14.7 Å². The van der Waals surface area contributed by atoms with Gasteiger partial charge in [-0.25, -0.2) is 0 Å². The summed E-state index contributed by atoms with van der Waals surface area (Å²) in [5.74, 6) is -0.284. The van der Waals surface area contributed by atoms with Gasteiger partial charge < -0.3 is 19.4 Å². The summed E-state index contributed by atoms with van der Waals surface area (Å²) in [7, 11) is 0. The van der Waals surface area contributed by atoms with Crippen LogP contribution in [0.3, 0.4) is 0 Å². The molecule has 0 aromatic heterocycles. The molecule has 0 bridgehead atoms. The van der Waals surface area contributed by atoms with Crippen molar-refractivity contribution in [3.05, 3.63) is 0 Å². The lowest BCUT2D eigenvalue weighted by Crippen LogP contribution is -2.49. The van der Waals surface area contributed by atoms with Gasteiger partial charge in [0.1, 0.15) is 6.42 Å². The lowest BCUT2D eigenvalue weighted by atomic mass is 10.2. The van der Waals surface area contributed by atoms with Crippen LogP contribution >= 0.6 is 0 Å². The fourth-order valence-electron chi connectivity index (χ4n) is 2.24. The number of piperazine rings is 1. The van der Waals surface area contributed by atoms with E-state index in [1.165, 1.54) is 0 Å². The predicted octanol–water partition coefficient (Wildman–Crippen LogP) is -1.46. The summed E-state index contributed by atoms with van der Waals surface area (Å²) in [5.41, 5.74) is 0. The van der Waals surface area contributed by atoms with Crippen LogP contribution in [-0.4, -0.2) is 85.4 Å². The van der Waals surface area contributed by atoms with E-state index in [0.717, 1.165) is 6.41 Å². The standard InChI is InChI=1S/C12H19N3O4/c16-10-13-1-3-14(4-2-13)11(17)9-12(18)15-5-7-19-8-6-15/h10H,1-9H2. The van der Waals surface area contributed by atoms with Gasteiger partial charge in [0, 0.05) is 39.3 Å². The molecule has 3 amide bonds. The second kappa shape index (κ2) is 6.51. The fraction of sp³-hybridized carbons (Fsp3) is 0.750. The molecular formula is C12H19N3O4. The third kappa shape index (κ3) is 3.66. The Bertz CT molecular complexity index is 347. The maximum absolute atomic E-state index is 12.0. The van der Waals surface area contributed by atoms with Crippen LogP contribution in [0, 0.1) is 0 Å². The summed E-state index contributed by atoms with van der Waals surface area (Å²) in [4.78, 5) is 39.4. The minimum Gasteiger partial charge on any atom is -0.378 e. The zero-order valence-electron chi connectivity index (χ0n) is 10.9. The molecule has 0 radical (unpaired) electrons. The zero-order valence-corrected chi connectivity index (χ0v) is 10.9. The molecule has 2 rings (SSSR count). The smallest absolute Gasteiger partial charge is 0.232 e. The van der Waals surface area contributed by atoms with Gasteiger partial charge in [0.2, 0.25) is 18.2 Å². The number of amides is 3. The van der Waals surface area contributed by atoms with E-state index in [0.29, 0.717) is 52.5 Å². The number of carbonyl (C=O) groups is 3. The summed E-state index contributed by atoms with van der Waals surface area (Å²) in [6.45, 7) is 4.30. The lowest BCUT2D eigenvalue weighted by Gasteiger charge is -2.33. The highest BCUT2D eigenvalue weighted by molar-refractivity contribution is 5.97. The summed E-state index contributed by atoms with van der Waals surface area (Å²) < 4.78 is 5.17. The van der Waals surface area contributed by atoms with Crippen LogP contribution < -0.4 is 0 Å². The molecule has 2 aliphatic heterocycles. The van der Waals surface area contributed by atoms with E-state index in [4.69, 9.17) is 4.74 Å². The number of hydrogen-bond donors (Lipinski definition) is 0. The minimum absolute atomic E-state index is 0.0823. The van der Waals surface area contributed by atoms with E-state index in [9.17, 15) is 14.4 Å². The molecule has 7 heteroatoms. The Balaban J connectivity index is 1.77. The molecule has 2 aliphatic rings. The lowest BCUT2D eigenvalue weighted by molar-refractivity contribution is -0.144. The van der Waals surface area contributed by atoms with Crippen LogP contribution in [-0.2, 0) is 19.1 Å². The number of morpholine rings is 1. The van der Waals surface area contributed by atoms with Gasteiger partial charge in [-0.15, -0.1) is 0 Å². The van der Waals surface area contributed by atoms with Crippen molar-refractivity contribution in [2.24, 2.45) is 0 Å². The van der Waals surface area contributed by atoms with Gasteiger partial charge in [-0.1, -0.05) is 0 Å². The number of nitrogens with zero attached hydrogens (tertiary/aromatic N) is 3. The van der Waals surface area contributed by atoms with Gasteiger partial charge in [0.15, 0.2) is 0 Å². The summed E-state index contributed by atoms with van der Waals surface area (Å²) in [6.07, 6.45) is 0.710. The monoisotopic (exact) mass is 269 g/mol. The molecule has 7 nitrogen and oxygen atoms in total. The maximum atomic E-state index is 12.0. The second-order valence-corrected chi connectivity index (χ2v) is 4.69. The SMILES string of the molecule is O=CN1CCN(C(=O)CC(=O)N2CCOCC2)CC1. The Morgan fingerprint density at radius 2 is 1.42 bits per heavy atom. The van der Waals surface area contributed by atoms with Crippen molar-refractivity contribution in [3.63, 3.8) is 0 Å². The molecule has 2 saturated heterocycles. The predicted molar refractivity (Wildman–Crippen MR) is 66.2 cm³/mol. The normalized spacial score (nSPS) is 20.3. The molecular weight excluding hydrogens is 250 g/mol. The average Bonchev–Trinajstić information content (AvgIpc) is 2.48. The summed E-state index contributed by atoms with van der Waals surface area (Å²) >= 11 is 0. The first kappa shape index (κ1) is 13.8. The van der Waals surface area contributed by atoms with Crippen molar-refractivity contribution in [1.82, 2.24) is 14.7 Å². The first-order valence-electron chi connectivity index (χ1n) is 6.53. The van der Waals surface area contributed by atoms with Crippen molar-refractivity contribution in [3.8, 4) is 0 Å². The molecule has 2 fully saturated rings. The second-order valence-electron chi connectivity index (χ2n) is 4.69. The van der Waals surface area contributed by atoms with Crippen molar-refractivity contribution < 1.29 is 19.1 Å². The first-order chi connectivity index (χ1) is 9.20. The van der Waals surface area contributed by atoms with Crippen LogP contribution in [0.15, 0.2) is 0 Å². The topological polar surface area (TPSA) is 70.2 Å². The zero-order chi connectivity index (χ0) is 13.7. The molecule has 2 heterocycles. The van der Waals surface area contributed by atoms with E-state index in [2.05, 4.69) is 0 Å². The molecule has 0 N–H and O–H groups in total. The van der Waals surface area contributed by atoms with Crippen LogP contribution in [0.5, 0.6) is 0 Å². The van der Waals surface area contributed by atoms with E-state index in [1.807, 2.05) is 0 Å². The third-order valence-corrected chi connectivity index (χ3v) is 3.48. The maximum Gasteiger partial charge on any atom is 0.232 e. The van der Waals surface area contributed by atoms with Crippen LogP contribution in [0.4, 0.5) is 0 Å². The van der Waals surface area contributed by atoms with Gasteiger partial charge in [-0.05, 0) is 0 Å².